The summed E-state index contributed by atoms with van der Waals surface area (Å²) < 4.78 is 0. The van der Waals surface area contributed by atoms with E-state index < -0.39 is 17.6 Å². The molecule has 7 heteroatoms. The molecule has 0 saturated heterocycles. The number of carbonyl (C=O) groups excluding carboxylic acids is 3. The average molecular weight is 284 g/mol. The van der Waals surface area contributed by atoms with E-state index in [-0.39, 0.29) is 11.7 Å². The number of ketones is 1. The molecule has 5 N–H and O–H groups in total. The van der Waals surface area contributed by atoms with Crippen molar-refractivity contribution < 1.29 is 14.4 Å². The molecular weight excluding hydrogens is 260 g/mol. The second kappa shape index (κ2) is 7.23. The number of carbonyl (C=O) groups is 3. The van der Waals surface area contributed by atoms with Crippen LogP contribution in [0.2, 0.25) is 0 Å². The molecule has 20 heavy (non-hydrogen) atoms. The summed E-state index contributed by atoms with van der Waals surface area (Å²) in [7, 11) is 1.76. The zero-order chi connectivity index (χ0) is 15.2. The van der Waals surface area contributed by atoms with Crippen LogP contribution in [0.4, 0.5) is 4.79 Å². The van der Waals surface area contributed by atoms with Gasteiger partial charge in [-0.25, -0.2) is 4.79 Å². The predicted octanol–water partition coefficient (Wildman–Crippen LogP) is -0.349. The van der Waals surface area contributed by atoms with Gasteiger partial charge in [0.05, 0.1) is 11.6 Å². The predicted molar refractivity (Wildman–Crippen MR) is 75.1 cm³/mol. The van der Waals surface area contributed by atoms with Crippen LogP contribution in [-0.2, 0) is 9.59 Å². The van der Waals surface area contributed by atoms with Gasteiger partial charge in [0.2, 0.25) is 5.91 Å². The van der Waals surface area contributed by atoms with E-state index in [9.17, 15) is 14.4 Å². The zero-order valence-corrected chi connectivity index (χ0v) is 12.1. The van der Waals surface area contributed by atoms with Crippen LogP contribution >= 0.6 is 0 Å². The van der Waals surface area contributed by atoms with E-state index in [0.29, 0.717) is 19.4 Å². The van der Waals surface area contributed by atoms with E-state index in [2.05, 4.69) is 16.0 Å². The van der Waals surface area contributed by atoms with Crippen LogP contribution in [0.5, 0.6) is 0 Å². The molecule has 0 heterocycles. The summed E-state index contributed by atoms with van der Waals surface area (Å²) in [6, 6.07) is -1.10. The SMILES string of the molecule is CNC1(C(=O)N[C@@H](CCCNC(N)=O)C(C)=O)CCC1. The number of nitrogens with two attached hydrogens (primary N) is 1. The molecule has 1 aliphatic carbocycles. The molecule has 1 aliphatic rings. The highest BCUT2D eigenvalue weighted by atomic mass is 16.2. The van der Waals surface area contributed by atoms with Crippen molar-refractivity contribution in [2.45, 2.75) is 50.6 Å². The van der Waals surface area contributed by atoms with Gasteiger partial charge in [0.1, 0.15) is 0 Å². The third-order valence-electron chi connectivity index (χ3n) is 3.89. The first-order valence-corrected chi connectivity index (χ1v) is 6.95. The summed E-state index contributed by atoms with van der Waals surface area (Å²) in [6.45, 7) is 1.85. The highest BCUT2D eigenvalue weighted by Crippen LogP contribution is 2.31. The smallest absolute Gasteiger partial charge is 0.312 e. The van der Waals surface area contributed by atoms with E-state index in [1.165, 1.54) is 6.92 Å². The summed E-state index contributed by atoms with van der Waals surface area (Å²) >= 11 is 0. The van der Waals surface area contributed by atoms with E-state index in [4.69, 9.17) is 5.73 Å². The van der Waals surface area contributed by atoms with Crippen LogP contribution in [0.1, 0.15) is 39.0 Å². The van der Waals surface area contributed by atoms with E-state index in [0.717, 1.165) is 19.3 Å². The quantitative estimate of drug-likeness (QED) is 0.456. The monoisotopic (exact) mass is 284 g/mol. The second-order valence-corrected chi connectivity index (χ2v) is 5.26. The molecule has 3 amide bonds. The maximum absolute atomic E-state index is 12.2. The van der Waals surface area contributed by atoms with Crippen LogP contribution in [0.15, 0.2) is 0 Å². The molecule has 0 aromatic heterocycles. The van der Waals surface area contributed by atoms with Crippen molar-refractivity contribution in [1.29, 1.82) is 0 Å². The van der Waals surface area contributed by atoms with Gasteiger partial charge < -0.3 is 21.7 Å². The first kappa shape index (κ1) is 16.4. The molecule has 1 fully saturated rings. The van der Waals surface area contributed by atoms with Crippen molar-refractivity contribution in [1.82, 2.24) is 16.0 Å². The lowest BCUT2D eigenvalue weighted by Crippen LogP contribution is -2.62. The van der Waals surface area contributed by atoms with Gasteiger partial charge in [-0.1, -0.05) is 0 Å². The Hall–Kier alpha value is -1.63. The van der Waals surface area contributed by atoms with Gasteiger partial charge in [-0.3, -0.25) is 9.59 Å². The van der Waals surface area contributed by atoms with Crippen LogP contribution in [0.25, 0.3) is 0 Å². The number of nitrogens with one attached hydrogen (secondary N) is 3. The summed E-state index contributed by atoms with van der Waals surface area (Å²) in [5.74, 6) is -0.197. The van der Waals surface area contributed by atoms with Gasteiger partial charge >= 0.3 is 6.03 Å². The Morgan fingerprint density at radius 2 is 1.95 bits per heavy atom. The Kier molecular flexibility index (Phi) is 5.94. The van der Waals surface area contributed by atoms with Gasteiger partial charge in [0.25, 0.3) is 0 Å². The molecule has 0 bridgehead atoms. The van der Waals surface area contributed by atoms with Gasteiger partial charge in [0, 0.05) is 6.54 Å². The molecular formula is C13H24N4O3. The first-order chi connectivity index (χ1) is 9.41. The molecule has 1 rings (SSSR count). The third-order valence-corrected chi connectivity index (χ3v) is 3.89. The molecule has 1 atom stereocenters. The summed E-state index contributed by atoms with van der Waals surface area (Å²) in [5.41, 5.74) is 4.44. The maximum atomic E-state index is 12.2. The number of hydrogen-bond donors (Lipinski definition) is 4. The molecule has 114 valence electrons. The number of rotatable bonds is 8. The number of primary amides is 1. The summed E-state index contributed by atoms with van der Waals surface area (Å²) in [6.07, 6.45) is 3.68. The van der Waals surface area contributed by atoms with Crippen LogP contribution in [0.3, 0.4) is 0 Å². The lowest BCUT2D eigenvalue weighted by molar-refractivity contribution is -0.134. The fourth-order valence-corrected chi connectivity index (χ4v) is 2.31. The molecule has 0 unspecified atom stereocenters. The maximum Gasteiger partial charge on any atom is 0.312 e. The highest BCUT2D eigenvalue weighted by molar-refractivity contribution is 5.92. The van der Waals surface area contributed by atoms with Gasteiger partial charge in [-0.2, -0.15) is 0 Å². The van der Waals surface area contributed by atoms with E-state index >= 15 is 0 Å². The third kappa shape index (κ3) is 4.19. The number of urea groups is 1. The minimum atomic E-state index is -0.586. The molecule has 7 nitrogen and oxygen atoms in total. The zero-order valence-electron chi connectivity index (χ0n) is 12.1. The van der Waals surface area contributed by atoms with Crippen LogP contribution in [-0.4, -0.2) is 42.9 Å². The van der Waals surface area contributed by atoms with Crippen molar-refractivity contribution in [2.24, 2.45) is 5.73 Å². The van der Waals surface area contributed by atoms with Gasteiger partial charge in [-0.15, -0.1) is 0 Å². The lowest BCUT2D eigenvalue weighted by Gasteiger charge is -2.40. The van der Waals surface area contributed by atoms with Crippen molar-refractivity contribution in [3.63, 3.8) is 0 Å². The Morgan fingerprint density at radius 3 is 2.35 bits per heavy atom. The highest BCUT2D eigenvalue weighted by Gasteiger charge is 2.43. The van der Waals surface area contributed by atoms with Gasteiger partial charge in [-0.05, 0) is 46.1 Å². The van der Waals surface area contributed by atoms with Crippen molar-refractivity contribution in [2.75, 3.05) is 13.6 Å². The lowest BCUT2D eigenvalue weighted by atomic mass is 9.76. The van der Waals surface area contributed by atoms with Crippen LogP contribution in [0, 0.1) is 0 Å². The Balaban J connectivity index is 2.44. The minimum absolute atomic E-state index is 0.0806. The summed E-state index contributed by atoms with van der Waals surface area (Å²) in [5, 5.41) is 8.31. The van der Waals surface area contributed by atoms with Crippen molar-refractivity contribution in [3.8, 4) is 0 Å². The normalized spacial score (nSPS) is 17.7. The second-order valence-electron chi connectivity index (χ2n) is 5.26. The van der Waals surface area contributed by atoms with Crippen molar-refractivity contribution in [3.05, 3.63) is 0 Å². The van der Waals surface area contributed by atoms with Gasteiger partial charge in [0.15, 0.2) is 5.78 Å². The van der Waals surface area contributed by atoms with E-state index in [1.807, 2.05) is 0 Å². The Bertz CT molecular complexity index is 374. The molecule has 0 aliphatic heterocycles. The molecule has 0 spiro atoms. The fourth-order valence-electron chi connectivity index (χ4n) is 2.31. The Morgan fingerprint density at radius 1 is 1.30 bits per heavy atom. The number of hydrogen-bond acceptors (Lipinski definition) is 4. The minimum Gasteiger partial charge on any atom is -0.352 e. The van der Waals surface area contributed by atoms with E-state index in [1.54, 1.807) is 7.05 Å². The summed E-state index contributed by atoms with van der Waals surface area (Å²) in [4.78, 5) is 34.3. The standard InChI is InChI=1S/C13H24N4O3/c1-9(18)10(5-3-8-16-12(14)20)17-11(19)13(15-2)6-4-7-13/h10,15H,3-8H2,1-2H3,(H,17,19)(H3,14,16,20)/t10-/m0/s1. The number of likely N-dealkylation sites (N-methyl/N-ethyl adjacent to an activating group) is 1. The number of Topliss-reactive ketones (excluding diaryl/α,β-unsaturated/α-hetero) is 1. The largest absolute Gasteiger partial charge is 0.352 e. The van der Waals surface area contributed by atoms with Crippen molar-refractivity contribution >= 4 is 17.7 Å². The van der Waals surface area contributed by atoms with Crippen LogP contribution < -0.4 is 21.7 Å². The Labute approximate surface area is 119 Å². The molecule has 1 saturated carbocycles. The topological polar surface area (TPSA) is 113 Å². The molecule has 0 radical (unpaired) electrons. The first-order valence-electron chi connectivity index (χ1n) is 6.95. The number of amides is 3. The average Bonchev–Trinajstić information content (AvgIpc) is 2.31. The molecule has 0 aromatic carbocycles. The fraction of sp³-hybridized carbons (Fsp3) is 0.769. The molecule has 0 aromatic rings.